The van der Waals surface area contributed by atoms with E-state index in [1.165, 1.54) is 0 Å². The van der Waals surface area contributed by atoms with Gasteiger partial charge >= 0.3 is 0 Å². The number of nitrogen functional groups attached to an aromatic ring is 1. The van der Waals surface area contributed by atoms with Crippen LogP contribution >= 0.6 is 11.6 Å². The molecule has 0 fully saturated rings. The van der Waals surface area contributed by atoms with E-state index in [9.17, 15) is 8.42 Å². The van der Waals surface area contributed by atoms with Crippen LogP contribution in [-0.2, 0) is 9.84 Å². The normalized spacial score (nSPS) is 11.5. The molecule has 2 N–H and O–H groups in total. The zero-order chi connectivity index (χ0) is 13.1. The lowest BCUT2D eigenvalue weighted by atomic mass is 10.2. The molecule has 1 aromatic carbocycles. The minimum atomic E-state index is -2.96. The van der Waals surface area contributed by atoms with Crippen LogP contribution < -0.4 is 10.6 Å². The third-order valence-electron chi connectivity index (χ3n) is 2.58. The average molecular weight is 277 g/mol. The molecule has 1 aromatic rings. The summed E-state index contributed by atoms with van der Waals surface area (Å²) in [5, 5.41) is 0.583. The van der Waals surface area contributed by atoms with Crippen molar-refractivity contribution in [2.24, 2.45) is 0 Å². The van der Waals surface area contributed by atoms with Crippen molar-refractivity contribution in [3.8, 4) is 0 Å². The Labute approximate surface area is 107 Å². The summed E-state index contributed by atoms with van der Waals surface area (Å²) in [6.07, 6.45) is 0. The van der Waals surface area contributed by atoms with Crippen LogP contribution in [0.2, 0.25) is 5.02 Å². The van der Waals surface area contributed by atoms with Crippen molar-refractivity contribution < 1.29 is 8.42 Å². The molecule has 0 heterocycles. The second kappa shape index (κ2) is 5.60. The van der Waals surface area contributed by atoms with Crippen molar-refractivity contribution in [3.63, 3.8) is 0 Å². The molecule has 0 bridgehead atoms. The Morgan fingerprint density at radius 1 is 1.41 bits per heavy atom. The van der Waals surface area contributed by atoms with Crippen LogP contribution in [0.25, 0.3) is 0 Å². The molecule has 17 heavy (non-hydrogen) atoms. The summed E-state index contributed by atoms with van der Waals surface area (Å²) in [5.41, 5.74) is 7.15. The summed E-state index contributed by atoms with van der Waals surface area (Å²) in [4.78, 5) is 1.80. The van der Waals surface area contributed by atoms with E-state index in [4.69, 9.17) is 17.3 Å². The van der Waals surface area contributed by atoms with Gasteiger partial charge in [-0.25, -0.2) is 8.42 Å². The first-order valence-corrected chi connectivity index (χ1v) is 7.52. The second-order valence-corrected chi connectivity index (χ2v) is 6.77. The molecule has 0 amide bonds. The first kappa shape index (κ1) is 14.1. The van der Waals surface area contributed by atoms with Gasteiger partial charge in [0.05, 0.1) is 17.1 Å². The summed E-state index contributed by atoms with van der Waals surface area (Å²) in [6, 6.07) is 5.15. The molecule has 0 aliphatic carbocycles. The fourth-order valence-corrected chi connectivity index (χ4v) is 2.40. The molecule has 4 nitrogen and oxygen atoms in total. The van der Waals surface area contributed by atoms with Gasteiger partial charge in [-0.2, -0.15) is 0 Å². The zero-order valence-corrected chi connectivity index (χ0v) is 11.6. The van der Waals surface area contributed by atoms with E-state index in [0.29, 0.717) is 17.3 Å². The first-order valence-electron chi connectivity index (χ1n) is 5.32. The molecular weight excluding hydrogens is 260 g/mol. The van der Waals surface area contributed by atoms with Crippen LogP contribution in [-0.4, -0.2) is 33.5 Å². The lowest BCUT2D eigenvalue weighted by molar-refractivity contribution is 0.596. The number of sulfone groups is 1. The minimum absolute atomic E-state index is 0.117. The Bertz CT molecular complexity index is 488. The number of hydrogen-bond acceptors (Lipinski definition) is 4. The Kier molecular flexibility index (Phi) is 4.65. The zero-order valence-electron chi connectivity index (χ0n) is 9.98. The van der Waals surface area contributed by atoms with Gasteiger partial charge in [0.15, 0.2) is 9.84 Å². The van der Waals surface area contributed by atoms with Crippen LogP contribution in [0.3, 0.4) is 0 Å². The van der Waals surface area contributed by atoms with Crippen molar-refractivity contribution in [1.82, 2.24) is 0 Å². The molecule has 0 atom stereocenters. The third kappa shape index (κ3) is 4.09. The number of hydrogen-bond donors (Lipinski definition) is 1. The highest BCUT2D eigenvalue weighted by atomic mass is 35.5. The molecule has 0 spiro atoms. The molecule has 6 heteroatoms. The fraction of sp³-hybridized carbons (Fsp3) is 0.455. The van der Waals surface area contributed by atoms with Gasteiger partial charge in [-0.1, -0.05) is 18.5 Å². The highest BCUT2D eigenvalue weighted by Crippen LogP contribution is 2.25. The van der Waals surface area contributed by atoms with Gasteiger partial charge in [-0.3, -0.25) is 0 Å². The van der Waals surface area contributed by atoms with Crippen molar-refractivity contribution in [2.75, 3.05) is 35.7 Å². The third-order valence-corrected chi connectivity index (χ3v) is 4.50. The fourth-order valence-electron chi connectivity index (χ4n) is 1.39. The maximum absolute atomic E-state index is 11.4. The molecule has 96 valence electrons. The predicted octanol–water partition coefficient (Wildman–Crippen LogP) is 1.79. The van der Waals surface area contributed by atoms with Gasteiger partial charge in [-0.05, 0) is 18.2 Å². The van der Waals surface area contributed by atoms with Gasteiger partial charge in [0, 0.05) is 24.4 Å². The summed E-state index contributed by atoms with van der Waals surface area (Å²) in [6.45, 7) is 2.05. The molecule has 0 aliphatic heterocycles. The highest BCUT2D eigenvalue weighted by molar-refractivity contribution is 7.91. The molecule has 0 aromatic heterocycles. The average Bonchev–Trinajstić information content (AvgIpc) is 2.29. The Morgan fingerprint density at radius 3 is 2.65 bits per heavy atom. The van der Waals surface area contributed by atoms with E-state index in [-0.39, 0.29) is 11.5 Å². The lowest BCUT2D eigenvalue weighted by Crippen LogP contribution is -2.26. The van der Waals surface area contributed by atoms with Crippen LogP contribution in [0.4, 0.5) is 11.4 Å². The van der Waals surface area contributed by atoms with Crippen LogP contribution in [0.15, 0.2) is 18.2 Å². The number of anilines is 2. The van der Waals surface area contributed by atoms with Crippen molar-refractivity contribution in [1.29, 1.82) is 0 Å². The first-order chi connectivity index (χ1) is 7.85. The lowest BCUT2D eigenvalue weighted by Gasteiger charge is -2.21. The number of benzene rings is 1. The minimum Gasteiger partial charge on any atom is -0.397 e. The largest absolute Gasteiger partial charge is 0.397 e. The number of halogens is 1. The maximum Gasteiger partial charge on any atom is 0.151 e. The van der Waals surface area contributed by atoms with E-state index in [1.54, 1.807) is 37.1 Å². The van der Waals surface area contributed by atoms with Gasteiger partial charge in [0.1, 0.15) is 0 Å². The summed E-state index contributed by atoms with van der Waals surface area (Å²) < 4.78 is 22.8. The monoisotopic (exact) mass is 276 g/mol. The number of nitrogens with zero attached hydrogens (tertiary/aromatic N) is 1. The standard InChI is InChI=1S/C11H17ClN2O2S/c1-3-17(15,16)7-6-14(2)11-8-9(12)4-5-10(11)13/h4-5,8H,3,6-7,13H2,1-2H3. The number of rotatable bonds is 5. The molecular formula is C11H17ClN2O2S. The van der Waals surface area contributed by atoms with Gasteiger partial charge < -0.3 is 10.6 Å². The molecule has 0 unspecified atom stereocenters. The van der Waals surface area contributed by atoms with Crippen LogP contribution in [0, 0.1) is 0 Å². The van der Waals surface area contributed by atoms with Gasteiger partial charge in [-0.15, -0.1) is 0 Å². The van der Waals surface area contributed by atoms with Gasteiger partial charge in [0.2, 0.25) is 0 Å². The van der Waals surface area contributed by atoms with E-state index < -0.39 is 9.84 Å². The highest BCUT2D eigenvalue weighted by Gasteiger charge is 2.11. The Balaban J connectivity index is 2.77. The van der Waals surface area contributed by atoms with E-state index in [2.05, 4.69) is 0 Å². The van der Waals surface area contributed by atoms with Crippen LogP contribution in [0.1, 0.15) is 6.92 Å². The topological polar surface area (TPSA) is 63.4 Å². The second-order valence-electron chi connectivity index (χ2n) is 3.86. The van der Waals surface area contributed by atoms with Crippen molar-refractivity contribution in [2.45, 2.75) is 6.92 Å². The summed E-state index contributed by atoms with van der Waals surface area (Å²) in [5.74, 6) is 0.276. The molecule has 0 radical (unpaired) electrons. The predicted molar refractivity (Wildman–Crippen MR) is 73.5 cm³/mol. The molecule has 0 saturated carbocycles. The van der Waals surface area contributed by atoms with E-state index in [1.807, 2.05) is 0 Å². The van der Waals surface area contributed by atoms with E-state index >= 15 is 0 Å². The smallest absolute Gasteiger partial charge is 0.151 e. The van der Waals surface area contributed by atoms with Crippen molar-refractivity contribution >= 4 is 32.8 Å². The van der Waals surface area contributed by atoms with Crippen LogP contribution in [0.5, 0.6) is 0 Å². The SMILES string of the molecule is CCS(=O)(=O)CCN(C)c1cc(Cl)ccc1N. The molecule has 1 rings (SSSR count). The Hall–Kier alpha value is -0.940. The summed E-state index contributed by atoms with van der Waals surface area (Å²) in [7, 11) is -1.16. The Morgan fingerprint density at radius 2 is 2.06 bits per heavy atom. The van der Waals surface area contributed by atoms with Crippen molar-refractivity contribution in [3.05, 3.63) is 23.2 Å². The molecule has 0 aliphatic rings. The van der Waals surface area contributed by atoms with E-state index in [0.717, 1.165) is 5.69 Å². The van der Waals surface area contributed by atoms with Gasteiger partial charge in [0.25, 0.3) is 0 Å². The quantitative estimate of drug-likeness (QED) is 0.833. The summed E-state index contributed by atoms with van der Waals surface area (Å²) >= 11 is 5.88. The molecule has 0 saturated heterocycles. The maximum atomic E-state index is 11.4. The number of nitrogens with two attached hydrogens (primary N) is 1.